The van der Waals surface area contributed by atoms with Gasteiger partial charge >= 0.3 is 17.9 Å². The fourth-order valence-corrected chi connectivity index (χ4v) is 9.96. The lowest BCUT2D eigenvalue weighted by atomic mass is 10.0. The third-order valence-electron chi connectivity index (χ3n) is 15.0. The van der Waals surface area contributed by atoms with Crippen LogP contribution in [0.2, 0.25) is 0 Å². The summed E-state index contributed by atoms with van der Waals surface area (Å²) in [6, 6.07) is 0. The summed E-state index contributed by atoms with van der Waals surface area (Å²) in [5, 5.41) is 0. The van der Waals surface area contributed by atoms with E-state index in [1.807, 2.05) is 0 Å². The molecule has 0 radical (unpaired) electrons. The van der Waals surface area contributed by atoms with E-state index in [9.17, 15) is 14.4 Å². The van der Waals surface area contributed by atoms with Crippen LogP contribution in [0.5, 0.6) is 0 Å². The van der Waals surface area contributed by atoms with E-state index < -0.39 is 6.10 Å². The second-order valence-electron chi connectivity index (χ2n) is 22.7. The Hall–Kier alpha value is -2.89. The van der Waals surface area contributed by atoms with Gasteiger partial charge in [0.15, 0.2) is 6.10 Å². The summed E-state index contributed by atoms with van der Waals surface area (Å²) >= 11 is 0. The molecule has 0 aromatic rings. The number of carbonyl (C=O) groups excluding carboxylic acids is 3. The van der Waals surface area contributed by atoms with Gasteiger partial charge in [-0.25, -0.2) is 0 Å². The second-order valence-corrected chi connectivity index (χ2v) is 22.7. The molecule has 0 spiro atoms. The quantitative estimate of drug-likeness (QED) is 0.0261. The van der Waals surface area contributed by atoms with E-state index >= 15 is 0 Å². The first-order chi connectivity index (χ1) is 38.0. The van der Waals surface area contributed by atoms with Gasteiger partial charge in [-0.3, -0.25) is 14.4 Å². The van der Waals surface area contributed by atoms with E-state index in [0.717, 1.165) is 89.9 Å². The summed E-state index contributed by atoms with van der Waals surface area (Å²) < 4.78 is 17.0. The number of hydrogen-bond acceptors (Lipinski definition) is 6. The Balaban J connectivity index is 4.28. The maximum absolute atomic E-state index is 12.9. The minimum Gasteiger partial charge on any atom is -0.462 e. The van der Waals surface area contributed by atoms with E-state index in [-0.39, 0.29) is 31.1 Å². The van der Waals surface area contributed by atoms with E-state index in [2.05, 4.69) is 81.5 Å². The Labute approximate surface area is 479 Å². The highest BCUT2D eigenvalue weighted by molar-refractivity contribution is 5.71. The van der Waals surface area contributed by atoms with Gasteiger partial charge in [-0.1, -0.05) is 313 Å². The SMILES string of the molecule is CC/C=C\C/C=C\C/C=C\C/C=C\CCCCCCCCCCCCCCC(=O)OCC(COC(=O)CCCCCCC/C=C\CCCCCCC)OC(=O)CCCCCCCCCCCCCCCCCCCCCC. The minimum atomic E-state index is -0.777. The van der Waals surface area contributed by atoms with Gasteiger partial charge in [-0.15, -0.1) is 0 Å². The molecule has 0 aromatic carbocycles. The highest BCUT2D eigenvalue weighted by Crippen LogP contribution is 2.18. The Kier molecular flexibility index (Phi) is 63.2. The molecule has 0 aliphatic heterocycles. The molecule has 0 fully saturated rings. The van der Waals surface area contributed by atoms with Crippen molar-refractivity contribution < 1.29 is 28.6 Å². The van der Waals surface area contributed by atoms with Crippen molar-refractivity contribution in [2.24, 2.45) is 0 Å². The molecule has 0 amide bonds. The van der Waals surface area contributed by atoms with Gasteiger partial charge in [0.25, 0.3) is 0 Å². The number of esters is 3. The molecule has 77 heavy (non-hydrogen) atoms. The van der Waals surface area contributed by atoms with Gasteiger partial charge in [0, 0.05) is 19.3 Å². The summed E-state index contributed by atoms with van der Waals surface area (Å²) in [6.45, 7) is 6.57. The molecule has 0 saturated heterocycles. The smallest absolute Gasteiger partial charge is 0.306 e. The predicted molar refractivity (Wildman–Crippen MR) is 335 cm³/mol. The van der Waals surface area contributed by atoms with Gasteiger partial charge in [0.1, 0.15) is 13.2 Å². The fraction of sp³-hybridized carbons (Fsp3) is 0.817. The summed E-state index contributed by atoms with van der Waals surface area (Å²) in [4.78, 5) is 38.4. The summed E-state index contributed by atoms with van der Waals surface area (Å²) in [6.07, 6.45) is 83.8. The predicted octanol–water partition coefficient (Wildman–Crippen LogP) is 23.1. The van der Waals surface area contributed by atoms with Crippen molar-refractivity contribution in [1.29, 1.82) is 0 Å². The van der Waals surface area contributed by atoms with Crippen LogP contribution in [0.15, 0.2) is 60.8 Å². The summed E-state index contributed by atoms with van der Waals surface area (Å²) in [7, 11) is 0. The molecule has 1 unspecified atom stereocenters. The van der Waals surface area contributed by atoms with E-state index in [4.69, 9.17) is 14.2 Å². The van der Waals surface area contributed by atoms with E-state index in [1.54, 1.807) is 0 Å². The molecule has 1 atom stereocenters. The van der Waals surface area contributed by atoms with Crippen LogP contribution in [0.1, 0.15) is 355 Å². The van der Waals surface area contributed by atoms with Gasteiger partial charge in [-0.2, -0.15) is 0 Å². The molecule has 0 heterocycles. The molecule has 448 valence electrons. The molecule has 0 aliphatic carbocycles. The van der Waals surface area contributed by atoms with Crippen LogP contribution >= 0.6 is 0 Å². The van der Waals surface area contributed by atoms with Crippen LogP contribution in [0, 0.1) is 0 Å². The van der Waals surface area contributed by atoms with Crippen LogP contribution in [0.3, 0.4) is 0 Å². The van der Waals surface area contributed by atoms with Crippen LogP contribution in [0.25, 0.3) is 0 Å². The van der Waals surface area contributed by atoms with E-state index in [0.29, 0.717) is 19.3 Å². The van der Waals surface area contributed by atoms with Crippen LogP contribution in [-0.4, -0.2) is 37.2 Å². The maximum atomic E-state index is 12.9. The first kappa shape index (κ1) is 74.1. The largest absolute Gasteiger partial charge is 0.462 e. The number of rotatable bonds is 62. The van der Waals surface area contributed by atoms with Crippen molar-refractivity contribution in [3.05, 3.63) is 60.8 Å². The number of ether oxygens (including phenoxy) is 3. The minimum absolute atomic E-state index is 0.0737. The monoisotopic (exact) mass is 1080 g/mol. The molecule has 0 aromatic heterocycles. The van der Waals surface area contributed by atoms with Gasteiger partial charge < -0.3 is 14.2 Å². The third kappa shape index (κ3) is 63.8. The molecule has 0 aliphatic rings. The molecule has 0 rings (SSSR count). The lowest BCUT2D eigenvalue weighted by Gasteiger charge is -2.18. The highest BCUT2D eigenvalue weighted by atomic mass is 16.6. The second kappa shape index (κ2) is 65.6. The molecular weight excluding hydrogens is 949 g/mol. The van der Waals surface area contributed by atoms with Gasteiger partial charge in [-0.05, 0) is 83.5 Å². The number of unbranched alkanes of at least 4 members (excludes halogenated alkanes) is 41. The molecule has 6 nitrogen and oxygen atoms in total. The number of carbonyl (C=O) groups is 3. The summed E-state index contributed by atoms with van der Waals surface area (Å²) in [5.74, 6) is -0.861. The molecule has 0 N–H and O–H groups in total. The molecule has 0 saturated carbocycles. The zero-order valence-corrected chi connectivity index (χ0v) is 51.5. The van der Waals surface area contributed by atoms with Crippen molar-refractivity contribution in [2.45, 2.75) is 361 Å². The van der Waals surface area contributed by atoms with Crippen molar-refractivity contribution >= 4 is 17.9 Å². The van der Waals surface area contributed by atoms with Crippen LogP contribution in [0.4, 0.5) is 0 Å². The van der Waals surface area contributed by atoms with Crippen molar-refractivity contribution in [1.82, 2.24) is 0 Å². The van der Waals surface area contributed by atoms with Crippen LogP contribution in [-0.2, 0) is 28.6 Å². The third-order valence-corrected chi connectivity index (χ3v) is 15.0. The Morgan fingerprint density at radius 2 is 0.506 bits per heavy atom. The topological polar surface area (TPSA) is 78.9 Å². The number of allylic oxidation sites excluding steroid dienone is 10. The van der Waals surface area contributed by atoms with Gasteiger partial charge in [0.2, 0.25) is 0 Å². The van der Waals surface area contributed by atoms with Crippen molar-refractivity contribution in [3.63, 3.8) is 0 Å². The molecular formula is C71H128O6. The number of hydrogen-bond donors (Lipinski definition) is 0. The lowest BCUT2D eigenvalue weighted by Crippen LogP contribution is -2.30. The van der Waals surface area contributed by atoms with Gasteiger partial charge in [0.05, 0.1) is 0 Å². The Morgan fingerprint density at radius 3 is 0.805 bits per heavy atom. The zero-order valence-electron chi connectivity index (χ0n) is 51.5. The van der Waals surface area contributed by atoms with Crippen molar-refractivity contribution in [2.75, 3.05) is 13.2 Å². The first-order valence-corrected chi connectivity index (χ1v) is 33.8. The zero-order chi connectivity index (χ0) is 55.7. The fourth-order valence-electron chi connectivity index (χ4n) is 9.96. The highest BCUT2D eigenvalue weighted by Gasteiger charge is 2.19. The first-order valence-electron chi connectivity index (χ1n) is 33.8. The van der Waals surface area contributed by atoms with Crippen molar-refractivity contribution in [3.8, 4) is 0 Å². The Bertz CT molecular complexity index is 1380. The lowest BCUT2D eigenvalue weighted by molar-refractivity contribution is -0.167. The van der Waals surface area contributed by atoms with Crippen LogP contribution < -0.4 is 0 Å². The molecule has 0 bridgehead atoms. The normalized spacial score (nSPS) is 12.4. The maximum Gasteiger partial charge on any atom is 0.306 e. The summed E-state index contributed by atoms with van der Waals surface area (Å²) in [5.41, 5.74) is 0. The average molecular weight is 1080 g/mol. The molecule has 6 heteroatoms. The Morgan fingerprint density at radius 1 is 0.273 bits per heavy atom. The average Bonchev–Trinajstić information content (AvgIpc) is 3.43. The van der Waals surface area contributed by atoms with E-state index in [1.165, 1.54) is 225 Å². The standard InChI is InChI=1S/C71H128O6/c1-4-7-10-13-16-19-22-25-28-30-32-34-35-36-37-38-40-41-43-46-49-52-55-58-61-64-70(73)76-67-68(66-75-69(72)63-60-57-54-51-48-45-27-24-21-18-15-12-9-6-3)77-71(74)65-62-59-56-53-50-47-44-42-39-33-31-29-26-23-20-17-14-11-8-5-2/h7,10,16,19,24-25,27-28,32,34,68H,4-6,8-9,11-15,17-18,20-23,26,29-31,33,35-67H2,1-3H3/b10-7-,19-16-,27-24-,28-25-,34-32-.